The summed E-state index contributed by atoms with van der Waals surface area (Å²) in [6.45, 7) is 0. The third-order valence-corrected chi connectivity index (χ3v) is 2.68. The van der Waals surface area contributed by atoms with E-state index in [1.807, 2.05) is 22.7 Å². The lowest BCUT2D eigenvalue weighted by molar-refractivity contribution is 0.0699. The lowest BCUT2D eigenvalue weighted by Crippen LogP contribution is -1.94. The zero-order valence-electron chi connectivity index (χ0n) is 8.79. The van der Waals surface area contributed by atoms with Crippen molar-refractivity contribution in [1.29, 1.82) is 0 Å². The number of pyridine rings is 1. The quantitative estimate of drug-likeness (QED) is 0.703. The normalized spacial score (nSPS) is 10.8. The van der Waals surface area contributed by atoms with Crippen LogP contribution in [-0.4, -0.2) is 25.7 Å². The summed E-state index contributed by atoms with van der Waals surface area (Å²) in [5.41, 5.74) is 2.54. The van der Waals surface area contributed by atoms with Gasteiger partial charge in [0, 0.05) is 12.4 Å². The Morgan fingerprint density at radius 1 is 1.35 bits per heavy atom. The van der Waals surface area contributed by atoms with Crippen LogP contribution in [0, 0.1) is 0 Å². The third-order valence-electron chi connectivity index (χ3n) is 2.68. The lowest BCUT2D eigenvalue weighted by Gasteiger charge is -1.99. The van der Waals surface area contributed by atoms with E-state index in [0.29, 0.717) is 5.52 Å². The largest absolute Gasteiger partial charge is 0.478 e. The van der Waals surface area contributed by atoms with Crippen LogP contribution in [0.15, 0.2) is 42.7 Å². The first-order chi connectivity index (χ1) is 8.27. The summed E-state index contributed by atoms with van der Waals surface area (Å²) >= 11 is 0. The number of carbonyl (C=O) groups is 1. The molecule has 5 nitrogen and oxygen atoms in total. The Morgan fingerprint density at radius 3 is 2.94 bits per heavy atom. The molecule has 0 saturated carbocycles. The van der Waals surface area contributed by atoms with Crippen molar-refractivity contribution in [2.24, 2.45) is 0 Å². The molecule has 3 heterocycles. The van der Waals surface area contributed by atoms with E-state index in [0.717, 1.165) is 11.4 Å². The van der Waals surface area contributed by atoms with Crippen molar-refractivity contribution in [3.05, 3.63) is 48.3 Å². The van der Waals surface area contributed by atoms with E-state index >= 15 is 0 Å². The van der Waals surface area contributed by atoms with E-state index in [-0.39, 0.29) is 5.56 Å². The average molecular weight is 227 g/mol. The molecule has 3 rings (SSSR count). The van der Waals surface area contributed by atoms with Gasteiger partial charge in [0.05, 0.1) is 22.5 Å². The molecule has 0 aliphatic heterocycles. The fourth-order valence-electron chi connectivity index (χ4n) is 1.93. The van der Waals surface area contributed by atoms with Crippen LogP contribution in [0.25, 0.3) is 16.9 Å². The lowest BCUT2D eigenvalue weighted by atomic mass is 10.2. The van der Waals surface area contributed by atoms with E-state index in [9.17, 15) is 4.79 Å². The molecular formula is C12H9N3O2. The van der Waals surface area contributed by atoms with Crippen LogP contribution in [0.5, 0.6) is 0 Å². The van der Waals surface area contributed by atoms with Gasteiger partial charge in [-0.2, -0.15) is 5.10 Å². The molecule has 0 fully saturated rings. The predicted octanol–water partition coefficient (Wildman–Crippen LogP) is 2.03. The average Bonchev–Trinajstić information content (AvgIpc) is 2.95. The molecule has 17 heavy (non-hydrogen) atoms. The van der Waals surface area contributed by atoms with Gasteiger partial charge < -0.3 is 9.51 Å². The van der Waals surface area contributed by atoms with Gasteiger partial charge in [0.25, 0.3) is 0 Å². The second kappa shape index (κ2) is 3.48. The first kappa shape index (κ1) is 9.65. The van der Waals surface area contributed by atoms with Crippen molar-refractivity contribution >= 4 is 11.5 Å². The number of aromatic amines is 1. The molecule has 84 valence electrons. The number of carboxylic acid groups (broad SMARTS) is 1. The summed E-state index contributed by atoms with van der Waals surface area (Å²) in [5.74, 6) is -0.931. The number of carboxylic acids is 1. The maximum absolute atomic E-state index is 11.2. The van der Waals surface area contributed by atoms with Crippen LogP contribution in [0.4, 0.5) is 0 Å². The molecule has 0 bridgehead atoms. The molecule has 5 heteroatoms. The molecule has 3 aromatic rings. The smallest absolute Gasteiger partial charge is 0.337 e. The monoisotopic (exact) mass is 227 g/mol. The van der Waals surface area contributed by atoms with Crippen molar-refractivity contribution in [3.8, 4) is 11.4 Å². The summed E-state index contributed by atoms with van der Waals surface area (Å²) in [5, 5.41) is 15.9. The maximum Gasteiger partial charge on any atom is 0.337 e. The van der Waals surface area contributed by atoms with Crippen LogP contribution >= 0.6 is 0 Å². The number of hydrogen-bond donors (Lipinski definition) is 2. The van der Waals surface area contributed by atoms with Gasteiger partial charge >= 0.3 is 5.97 Å². The van der Waals surface area contributed by atoms with E-state index in [2.05, 4.69) is 10.2 Å². The second-order valence-electron chi connectivity index (χ2n) is 3.67. The van der Waals surface area contributed by atoms with Crippen molar-refractivity contribution in [1.82, 2.24) is 14.6 Å². The number of nitrogens with one attached hydrogen (secondary N) is 1. The minimum Gasteiger partial charge on any atom is -0.478 e. The van der Waals surface area contributed by atoms with Crippen LogP contribution in [0.3, 0.4) is 0 Å². The summed E-state index contributed by atoms with van der Waals surface area (Å²) in [6.07, 6.45) is 3.47. The Hall–Kier alpha value is -2.56. The number of fused-ring (bicyclic) bond motifs is 1. The highest BCUT2D eigenvalue weighted by atomic mass is 16.4. The number of H-pyrrole nitrogens is 1. The molecule has 0 aromatic carbocycles. The number of aromatic carboxylic acids is 1. The van der Waals surface area contributed by atoms with Crippen LogP contribution in [0.1, 0.15) is 10.4 Å². The number of nitrogens with zero attached hydrogens (tertiary/aromatic N) is 2. The molecule has 0 atom stereocenters. The second-order valence-corrected chi connectivity index (χ2v) is 3.67. The van der Waals surface area contributed by atoms with Gasteiger partial charge in [0.2, 0.25) is 0 Å². The standard InChI is InChI=1S/C12H9N3O2/c16-12(17)8-7-11(9-4-5-13-14-9)15-6-2-1-3-10(8)15/h1-7H,(H,13,14)(H,16,17). The van der Waals surface area contributed by atoms with Gasteiger partial charge in [-0.3, -0.25) is 5.10 Å². The fraction of sp³-hybridized carbons (Fsp3) is 0. The minimum atomic E-state index is -0.931. The molecule has 0 unspecified atom stereocenters. The zero-order chi connectivity index (χ0) is 11.8. The van der Waals surface area contributed by atoms with Crippen LogP contribution in [-0.2, 0) is 0 Å². The van der Waals surface area contributed by atoms with Crippen molar-refractivity contribution in [3.63, 3.8) is 0 Å². The van der Waals surface area contributed by atoms with Crippen LogP contribution in [0.2, 0.25) is 0 Å². The Morgan fingerprint density at radius 2 is 2.24 bits per heavy atom. The molecular weight excluding hydrogens is 218 g/mol. The number of hydrogen-bond acceptors (Lipinski definition) is 2. The molecule has 0 radical (unpaired) electrons. The summed E-state index contributed by atoms with van der Waals surface area (Å²) in [6, 6.07) is 8.91. The molecule has 0 aliphatic rings. The predicted molar refractivity (Wildman–Crippen MR) is 61.9 cm³/mol. The topological polar surface area (TPSA) is 70.4 Å². The molecule has 0 spiro atoms. The highest BCUT2D eigenvalue weighted by Gasteiger charge is 2.15. The molecule has 0 aliphatic carbocycles. The molecule has 3 aromatic heterocycles. The first-order valence-electron chi connectivity index (χ1n) is 5.10. The molecule has 0 amide bonds. The van der Waals surface area contributed by atoms with Gasteiger partial charge in [-0.15, -0.1) is 0 Å². The van der Waals surface area contributed by atoms with Crippen LogP contribution < -0.4 is 0 Å². The highest BCUT2D eigenvalue weighted by Crippen LogP contribution is 2.24. The Labute approximate surface area is 96.3 Å². The van der Waals surface area contributed by atoms with Crippen molar-refractivity contribution in [2.75, 3.05) is 0 Å². The van der Waals surface area contributed by atoms with Gasteiger partial charge in [-0.1, -0.05) is 6.07 Å². The van der Waals surface area contributed by atoms with Crippen molar-refractivity contribution in [2.45, 2.75) is 0 Å². The van der Waals surface area contributed by atoms with E-state index in [4.69, 9.17) is 5.11 Å². The highest BCUT2D eigenvalue weighted by molar-refractivity contribution is 5.98. The first-order valence-corrected chi connectivity index (χ1v) is 5.10. The van der Waals surface area contributed by atoms with E-state index in [1.54, 1.807) is 24.4 Å². The van der Waals surface area contributed by atoms with E-state index in [1.165, 1.54) is 0 Å². The number of aromatic nitrogens is 3. The van der Waals surface area contributed by atoms with Gasteiger partial charge in [0.1, 0.15) is 0 Å². The Bertz CT molecular complexity index is 683. The van der Waals surface area contributed by atoms with Gasteiger partial charge in [0.15, 0.2) is 0 Å². The zero-order valence-corrected chi connectivity index (χ0v) is 8.79. The summed E-state index contributed by atoms with van der Waals surface area (Å²) in [4.78, 5) is 11.2. The Balaban J connectivity index is 2.37. The Kier molecular flexibility index (Phi) is 1.98. The maximum atomic E-state index is 11.2. The minimum absolute atomic E-state index is 0.287. The third kappa shape index (κ3) is 1.40. The molecule has 2 N–H and O–H groups in total. The molecule has 0 saturated heterocycles. The summed E-state index contributed by atoms with van der Waals surface area (Å²) < 4.78 is 1.83. The van der Waals surface area contributed by atoms with Gasteiger partial charge in [-0.05, 0) is 24.3 Å². The number of rotatable bonds is 2. The fourth-order valence-corrected chi connectivity index (χ4v) is 1.93. The SMILES string of the molecule is O=C(O)c1cc(-c2ccn[nH]2)n2ccccc12. The summed E-state index contributed by atoms with van der Waals surface area (Å²) in [7, 11) is 0. The van der Waals surface area contributed by atoms with E-state index < -0.39 is 5.97 Å². The van der Waals surface area contributed by atoms with Crippen molar-refractivity contribution < 1.29 is 9.90 Å². The van der Waals surface area contributed by atoms with Gasteiger partial charge in [-0.25, -0.2) is 4.79 Å².